The smallest absolute Gasteiger partial charge is 0.0599 e. The Labute approximate surface area is 127 Å². The summed E-state index contributed by atoms with van der Waals surface area (Å²) in [4.78, 5) is 2.58. The second-order valence-corrected chi connectivity index (χ2v) is 5.92. The van der Waals surface area contributed by atoms with Crippen molar-refractivity contribution in [1.29, 1.82) is 0 Å². The van der Waals surface area contributed by atoms with Gasteiger partial charge in [0.1, 0.15) is 0 Å². The van der Waals surface area contributed by atoms with Gasteiger partial charge in [-0.05, 0) is 50.2 Å². The van der Waals surface area contributed by atoms with Crippen molar-refractivity contribution in [2.75, 3.05) is 26.2 Å². The predicted molar refractivity (Wildman–Crippen MR) is 87.6 cm³/mol. The van der Waals surface area contributed by atoms with E-state index in [2.05, 4.69) is 52.9 Å². The summed E-state index contributed by atoms with van der Waals surface area (Å²) in [6, 6.07) is 10.8. The first-order valence-corrected chi connectivity index (χ1v) is 8.24. The summed E-state index contributed by atoms with van der Waals surface area (Å²) in [6.07, 6.45) is 6.32. The number of benzene rings is 1. The Morgan fingerprint density at radius 3 is 2.71 bits per heavy atom. The van der Waals surface area contributed by atoms with E-state index in [-0.39, 0.29) is 0 Å². The van der Waals surface area contributed by atoms with Gasteiger partial charge < -0.3 is 14.2 Å². The van der Waals surface area contributed by atoms with Crippen LogP contribution in [0.5, 0.6) is 0 Å². The first kappa shape index (κ1) is 14.6. The molecule has 3 nitrogen and oxygen atoms in total. The summed E-state index contributed by atoms with van der Waals surface area (Å²) in [6.45, 7) is 7.64. The Morgan fingerprint density at radius 1 is 1.10 bits per heavy atom. The van der Waals surface area contributed by atoms with E-state index in [9.17, 15) is 0 Å². The molecule has 0 unspecified atom stereocenters. The lowest BCUT2D eigenvalue weighted by molar-refractivity contribution is 0.0139. The average molecular weight is 286 g/mol. The zero-order valence-corrected chi connectivity index (χ0v) is 13.0. The molecule has 114 valence electrons. The van der Waals surface area contributed by atoms with E-state index in [4.69, 9.17) is 4.74 Å². The molecular weight excluding hydrogens is 260 g/mol. The van der Waals surface area contributed by atoms with Crippen LogP contribution in [-0.2, 0) is 11.3 Å². The molecule has 0 saturated carbocycles. The Balaban J connectivity index is 1.44. The van der Waals surface area contributed by atoms with E-state index in [0.29, 0.717) is 6.10 Å². The fourth-order valence-corrected chi connectivity index (χ4v) is 3.34. The van der Waals surface area contributed by atoms with Crippen LogP contribution >= 0.6 is 0 Å². The van der Waals surface area contributed by atoms with Crippen molar-refractivity contribution < 1.29 is 4.74 Å². The first-order valence-electron chi connectivity index (χ1n) is 8.24. The maximum Gasteiger partial charge on any atom is 0.0599 e. The zero-order valence-electron chi connectivity index (χ0n) is 13.0. The standard InChI is InChI=1S/C18H26N2O/c1-2-21-17-9-13-19(14-10-17)11-5-12-20-15-8-16-6-3-4-7-18(16)20/h3-4,6-8,15,17H,2,5,9-14H2,1H3. The number of fused-ring (bicyclic) bond motifs is 1. The fourth-order valence-electron chi connectivity index (χ4n) is 3.34. The molecular formula is C18H26N2O. The van der Waals surface area contributed by atoms with Gasteiger partial charge in [0.15, 0.2) is 0 Å². The van der Waals surface area contributed by atoms with E-state index in [1.807, 2.05) is 0 Å². The minimum absolute atomic E-state index is 0.500. The summed E-state index contributed by atoms with van der Waals surface area (Å²) < 4.78 is 8.09. The van der Waals surface area contributed by atoms with Gasteiger partial charge in [0, 0.05) is 38.0 Å². The molecule has 1 aliphatic rings. The highest BCUT2D eigenvalue weighted by molar-refractivity contribution is 5.79. The monoisotopic (exact) mass is 286 g/mol. The van der Waals surface area contributed by atoms with E-state index < -0.39 is 0 Å². The molecule has 2 aromatic rings. The van der Waals surface area contributed by atoms with Crippen LogP contribution in [0.3, 0.4) is 0 Å². The zero-order chi connectivity index (χ0) is 14.5. The molecule has 1 saturated heterocycles. The van der Waals surface area contributed by atoms with E-state index in [1.165, 1.54) is 49.8 Å². The predicted octanol–water partition coefficient (Wildman–Crippen LogP) is 3.53. The molecule has 0 atom stereocenters. The van der Waals surface area contributed by atoms with E-state index in [0.717, 1.165) is 13.2 Å². The molecule has 3 heteroatoms. The highest BCUT2D eigenvalue weighted by Crippen LogP contribution is 2.17. The summed E-state index contributed by atoms with van der Waals surface area (Å²) in [5, 5.41) is 1.34. The number of hydrogen-bond acceptors (Lipinski definition) is 2. The van der Waals surface area contributed by atoms with Crippen LogP contribution in [0, 0.1) is 0 Å². The van der Waals surface area contributed by atoms with Crippen LogP contribution in [0.2, 0.25) is 0 Å². The number of ether oxygens (including phenoxy) is 1. The number of likely N-dealkylation sites (tertiary alicyclic amines) is 1. The summed E-state index contributed by atoms with van der Waals surface area (Å²) in [5.74, 6) is 0. The van der Waals surface area contributed by atoms with Gasteiger partial charge in [0.25, 0.3) is 0 Å². The van der Waals surface area contributed by atoms with Gasteiger partial charge in [0.2, 0.25) is 0 Å². The lowest BCUT2D eigenvalue weighted by Crippen LogP contribution is -2.37. The molecule has 1 fully saturated rings. The Kier molecular flexibility index (Phi) is 4.94. The molecule has 2 heterocycles. The molecule has 1 aromatic heterocycles. The molecule has 0 bridgehead atoms. The normalized spacial score (nSPS) is 17.6. The van der Waals surface area contributed by atoms with Crippen molar-refractivity contribution in [3.63, 3.8) is 0 Å². The van der Waals surface area contributed by atoms with E-state index in [1.54, 1.807) is 0 Å². The summed E-state index contributed by atoms with van der Waals surface area (Å²) in [5.41, 5.74) is 1.35. The fraction of sp³-hybridized carbons (Fsp3) is 0.556. The number of nitrogens with zero attached hydrogens (tertiary/aromatic N) is 2. The molecule has 1 aromatic carbocycles. The van der Waals surface area contributed by atoms with Crippen LogP contribution in [-0.4, -0.2) is 41.8 Å². The molecule has 3 rings (SSSR count). The third kappa shape index (κ3) is 3.66. The van der Waals surface area contributed by atoms with Gasteiger partial charge >= 0.3 is 0 Å². The highest BCUT2D eigenvalue weighted by atomic mass is 16.5. The minimum Gasteiger partial charge on any atom is -0.378 e. The van der Waals surface area contributed by atoms with Crippen molar-refractivity contribution in [2.45, 2.75) is 38.8 Å². The minimum atomic E-state index is 0.500. The van der Waals surface area contributed by atoms with E-state index >= 15 is 0 Å². The third-order valence-electron chi connectivity index (χ3n) is 4.49. The van der Waals surface area contributed by atoms with Gasteiger partial charge in [-0.15, -0.1) is 0 Å². The number of hydrogen-bond donors (Lipinski definition) is 0. The number of aryl methyl sites for hydroxylation is 1. The maximum atomic E-state index is 5.71. The van der Waals surface area contributed by atoms with Gasteiger partial charge in [-0.1, -0.05) is 18.2 Å². The molecule has 0 aliphatic carbocycles. The highest BCUT2D eigenvalue weighted by Gasteiger charge is 2.18. The van der Waals surface area contributed by atoms with Crippen LogP contribution in [0.15, 0.2) is 36.5 Å². The largest absolute Gasteiger partial charge is 0.378 e. The van der Waals surface area contributed by atoms with Crippen molar-refractivity contribution in [3.05, 3.63) is 36.5 Å². The average Bonchev–Trinajstić information content (AvgIpc) is 2.93. The van der Waals surface area contributed by atoms with Crippen LogP contribution in [0.4, 0.5) is 0 Å². The summed E-state index contributed by atoms with van der Waals surface area (Å²) >= 11 is 0. The Hall–Kier alpha value is -1.32. The molecule has 0 spiro atoms. The molecule has 1 aliphatic heterocycles. The first-order chi connectivity index (χ1) is 10.4. The second kappa shape index (κ2) is 7.10. The number of piperidine rings is 1. The molecule has 0 amide bonds. The van der Waals surface area contributed by atoms with Gasteiger partial charge in [-0.2, -0.15) is 0 Å². The molecule has 21 heavy (non-hydrogen) atoms. The van der Waals surface area contributed by atoms with Crippen LogP contribution < -0.4 is 0 Å². The topological polar surface area (TPSA) is 17.4 Å². The second-order valence-electron chi connectivity index (χ2n) is 5.92. The Morgan fingerprint density at radius 2 is 1.90 bits per heavy atom. The lowest BCUT2D eigenvalue weighted by Gasteiger charge is -2.31. The van der Waals surface area contributed by atoms with Gasteiger partial charge in [0.05, 0.1) is 6.10 Å². The lowest BCUT2D eigenvalue weighted by atomic mass is 10.1. The quantitative estimate of drug-likeness (QED) is 0.808. The SMILES string of the molecule is CCOC1CCN(CCCn2ccc3ccccc32)CC1. The Bertz CT molecular complexity index is 555. The van der Waals surface area contributed by atoms with Gasteiger partial charge in [-0.3, -0.25) is 0 Å². The van der Waals surface area contributed by atoms with Crippen molar-refractivity contribution >= 4 is 10.9 Å². The number of para-hydroxylation sites is 1. The van der Waals surface area contributed by atoms with Crippen molar-refractivity contribution in [2.24, 2.45) is 0 Å². The number of rotatable bonds is 6. The maximum absolute atomic E-state index is 5.71. The molecule has 0 radical (unpaired) electrons. The number of aromatic nitrogens is 1. The molecule has 0 N–H and O–H groups in total. The van der Waals surface area contributed by atoms with Gasteiger partial charge in [-0.25, -0.2) is 0 Å². The third-order valence-corrected chi connectivity index (χ3v) is 4.49. The summed E-state index contributed by atoms with van der Waals surface area (Å²) in [7, 11) is 0. The van der Waals surface area contributed by atoms with Crippen LogP contribution in [0.1, 0.15) is 26.2 Å². The van der Waals surface area contributed by atoms with Crippen LogP contribution in [0.25, 0.3) is 10.9 Å². The van der Waals surface area contributed by atoms with Crippen molar-refractivity contribution in [1.82, 2.24) is 9.47 Å². The van der Waals surface area contributed by atoms with Crippen molar-refractivity contribution in [3.8, 4) is 0 Å².